The maximum absolute atomic E-state index is 14.1. The summed E-state index contributed by atoms with van der Waals surface area (Å²) >= 11 is 0. The molecule has 0 amide bonds. The summed E-state index contributed by atoms with van der Waals surface area (Å²) in [5, 5.41) is 11.5. The first-order chi connectivity index (χ1) is 13.3. The maximum Gasteiger partial charge on any atom is 0.162 e. The Balaban J connectivity index is 1.81. The van der Waals surface area contributed by atoms with Crippen molar-refractivity contribution in [1.82, 2.24) is 10.2 Å². The van der Waals surface area contributed by atoms with Crippen molar-refractivity contribution in [3.63, 3.8) is 0 Å². The van der Waals surface area contributed by atoms with Gasteiger partial charge in [0.05, 0.1) is 11.7 Å². The molecule has 2 N–H and O–H groups in total. The number of anilines is 1. The van der Waals surface area contributed by atoms with Gasteiger partial charge in [-0.05, 0) is 41.7 Å². The smallest absolute Gasteiger partial charge is 0.162 e. The summed E-state index contributed by atoms with van der Waals surface area (Å²) in [6.45, 7) is 4.13. The number of hydrogen-bond acceptors (Lipinski definition) is 3. The third-order valence-corrected chi connectivity index (χ3v) is 5.72. The average Bonchev–Trinajstić information content (AvgIpc) is 3.10. The molecule has 0 saturated heterocycles. The summed E-state index contributed by atoms with van der Waals surface area (Å²) in [6, 6.07) is 7.79. The first kappa shape index (κ1) is 17.1. The Kier molecular flexibility index (Phi) is 3.50. The Bertz CT molecular complexity index is 1180. The predicted molar refractivity (Wildman–Crippen MR) is 103 cm³/mol. The highest BCUT2D eigenvalue weighted by Crippen LogP contribution is 2.50. The van der Waals surface area contributed by atoms with Crippen molar-refractivity contribution in [1.29, 1.82) is 0 Å². The molecule has 2 aromatic carbocycles. The number of aromatic amines is 1. The highest BCUT2D eigenvalue weighted by atomic mass is 19.2. The number of nitrogens with one attached hydrogen (secondary N) is 2. The molecule has 5 rings (SSSR count). The number of aromatic nitrogens is 2. The molecule has 0 bridgehead atoms. The number of halogens is 2. The van der Waals surface area contributed by atoms with E-state index in [4.69, 9.17) is 0 Å². The van der Waals surface area contributed by atoms with Gasteiger partial charge in [0.25, 0.3) is 0 Å². The molecule has 0 radical (unpaired) electrons. The zero-order valence-electron chi connectivity index (χ0n) is 15.6. The van der Waals surface area contributed by atoms with Gasteiger partial charge in [-0.1, -0.05) is 19.9 Å². The number of carbonyl (C=O) groups is 1. The molecule has 1 atom stereocenters. The minimum absolute atomic E-state index is 0.0376. The second-order valence-electron chi connectivity index (χ2n) is 8.43. The van der Waals surface area contributed by atoms with Crippen molar-refractivity contribution in [2.45, 2.75) is 32.6 Å². The predicted octanol–water partition coefficient (Wildman–Crippen LogP) is 5.04. The molecule has 4 nitrogen and oxygen atoms in total. The van der Waals surface area contributed by atoms with Gasteiger partial charge in [-0.25, -0.2) is 8.78 Å². The SMILES string of the molecule is CC1(C)CC(=O)C2=C(C1)Nc1ccc3cn[nH]c3c1C2c1ccc(F)c(F)c1. The van der Waals surface area contributed by atoms with E-state index in [2.05, 4.69) is 29.4 Å². The quantitative estimate of drug-likeness (QED) is 0.623. The molecule has 142 valence electrons. The van der Waals surface area contributed by atoms with Gasteiger partial charge in [0.15, 0.2) is 17.4 Å². The summed E-state index contributed by atoms with van der Waals surface area (Å²) in [4.78, 5) is 13.2. The van der Waals surface area contributed by atoms with Crippen LogP contribution in [0.1, 0.15) is 43.7 Å². The van der Waals surface area contributed by atoms with Crippen molar-refractivity contribution in [2.24, 2.45) is 5.41 Å². The van der Waals surface area contributed by atoms with Gasteiger partial charge in [-0.3, -0.25) is 9.89 Å². The number of carbonyl (C=O) groups excluding carboxylic acids is 1. The van der Waals surface area contributed by atoms with Crippen LogP contribution in [0.25, 0.3) is 10.9 Å². The summed E-state index contributed by atoms with van der Waals surface area (Å²) < 4.78 is 27.7. The third-order valence-electron chi connectivity index (χ3n) is 5.72. The van der Waals surface area contributed by atoms with E-state index in [1.807, 2.05) is 12.1 Å². The molecule has 3 aromatic rings. The number of fused-ring (bicyclic) bond motifs is 3. The van der Waals surface area contributed by atoms with Crippen LogP contribution in [0.5, 0.6) is 0 Å². The number of allylic oxidation sites excluding steroid dienone is 2. The van der Waals surface area contributed by atoms with Crippen molar-refractivity contribution in [3.8, 4) is 0 Å². The van der Waals surface area contributed by atoms with E-state index < -0.39 is 17.6 Å². The second-order valence-corrected chi connectivity index (χ2v) is 8.43. The van der Waals surface area contributed by atoms with Crippen LogP contribution in [0.4, 0.5) is 14.5 Å². The van der Waals surface area contributed by atoms with Gasteiger partial charge in [-0.2, -0.15) is 5.10 Å². The summed E-state index contributed by atoms with van der Waals surface area (Å²) in [7, 11) is 0. The second kappa shape index (κ2) is 5.74. The fourth-order valence-corrected chi connectivity index (χ4v) is 4.56. The van der Waals surface area contributed by atoms with Crippen LogP contribution in [0.15, 0.2) is 47.8 Å². The maximum atomic E-state index is 14.1. The molecule has 0 spiro atoms. The van der Waals surface area contributed by atoms with Gasteiger partial charge in [-0.15, -0.1) is 0 Å². The molecule has 6 heteroatoms. The molecule has 1 unspecified atom stereocenters. The van der Waals surface area contributed by atoms with Gasteiger partial charge >= 0.3 is 0 Å². The van der Waals surface area contributed by atoms with E-state index in [-0.39, 0.29) is 11.2 Å². The molecular formula is C22H19F2N3O. The van der Waals surface area contributed by atoms with Gasteiger partial charge in [0.1, 0.15) is 0 Å². The van der Waals surface area contributed by atoms with Crippen molar-refractivity contribution >= 4 is 22.4 Å². The fourth-order valence-electron chi connectivity index (χ4n) is 4.56. The topological polar surface area (TPSA) is 57.8 Å². The highest BCUT2D eigenvalue weighted by Gasteiger charge is 2.41. The third kappa shape index (κ3) is 2.47. The Labute approximate surface area is 160 Å². The first-order valence-electron chi connectivity index (χ1n) is 9.28. The first-order valence-corrected chi connectivity index (χ1v) is 9.28. The van der Waals surface area contributed by atoms with E-state index in [1.54, 1.807) is 12.3 Å². The van der Waals surface area contributed by atoms with Crippen LogP contribution >= 0.6 is 0 Å². The van der Waals surface area contributed by atoms with Crippen LogP contribution in [0.2, 0.25) is 0 Å². The molecule has 0 saturated carbocycles. The lowest BCUT2D eigenvalue weighted by Gasteiger charge is -2.39. The van der Waals surface area contributed by atoms with Crippen LogP contribution in [-0.2, 0) is 4.79 Å². The van der Waals surface area contributed by atoms with Gasteiger partial charge in [0, 0.05) is 40.2 Å². The lowest BCUT2D eigenvalue weighted by atomic mass is 9.68. The Morgan fingerprint density at radius 1 is 1.11 bits per heavy atom. The Hall–Kier alpha value is -3.02. The Morgan fingerprint density at radius 2 is 1.93 bits per heavy atom. The van der Waals surface area contributed by atoms with Crippen molar-refractivity contribution < 1.29 is 13.6 Å². The molecule has 2 heterocycles. The molecule has 1 aliphatic carbocycles. The number of Topliss-reactive ketones (excluding diaryl/α,β-unsaturated/α-hetero) is 1. The summed E-state index contributed by atoms with van der Waals surface area (Å²) in [5.74, 6) is -2.26. The van der Waals surface area contributed by atoms with Crippen LogP contribution < -0.4 is 5.32 Å². The lowest BCUT2D eigenvalue weighted by molar-refractivity contribution is -0.118. The van der Waals surface area contributed by atoms with E-state index in [9.17, 15) is 13.6 Å². The van der Waals surface area contributed by atoms with E-state index in [0.29, 0.717) is 24.0 Å². The van der Waals surface area contributed by atoms with E-state index in [1.165, 1.54) is 6.07 Å². The van der Waals surface area contributed by atoms with Crippen LogP contribution in [0.3, 0.4) is 0 Å². The molecule has 1 aliphatic heterocycles. The highest BCUT2D eigenvalue weighted by molar-refractivity contribution is 6.03. The Morgan fingerprint density at radius 3 is 2.71 bits per heavy atom. The normalized spacial score (nSPS) is 20.7. The number of benzene rings is 2. The van der Waals surface area contributed by atoms with E-state index >= 15 is 0 Å². The average molecular weight is 379 g/mol. The number of rotatable bonds is 1. The summed E-state index contributed by atoms with van der Waals surface area (Å²) in [6.07, 6.45) is 2.85. The van der Waals surface area contributed by atoms with Gasteiger partial charge < -0.3 is 5.32 Å². The molecule has 28 heavy (non-hydrogen) atoms. The van der Waals surface area contributed by atoms with Gasteiger partial charge in [0.2, 0.25) is 0 Å². The zero-order chi connectivity index (χ0) is 19.6. The van der Waals surface area contributed by atoms with E-state index in [0.717, 1.165) is 33.9 Å². The molecule has 0 fully saturated rings. The minimum atomic E-state index is -0.917. The number of ketones is 1. The number of H-pyrrole nitrogens is 1. The van der Waals surface area contributed by atoms with Crippen LogP contribution in [-0.4, -0.2) is 16.0 Å². The van der Waals surface area contributed by atoms with Crippen molar-refractivity contribution in [2.75, 3.05) is 5.32 Å². The lowest BCUT2D eigenvalue weighted by Crippen LogP contribution is -2.34. The number of nitrogens with zero attached hydrogens (tertiary/aromatic N) is 1. The molecular weight excluding hydrogens is 360 g/mol. The minimum Gasteiger partial charge on any atom is -0.358 e. The molecule has 2 aliphatic rings. The zero-order valence-corrected chi connectivity index (χ0v) is 15.6. The monoisotopic (exact) mass is 379 g/mol. The summed E-state index contributed by atoms with van der Waals surface area (Å²) in [5.41, 5.74) is 4.40. The standard InChI is InChI=1S/C22H19F2N3O/c1-22(2)8-16-19(17(28)9-22)18(11-3-5-13(23)14(24)7-11)20-15(26-16)6-4-12-10-25-27-21(12)20/h3-7,10,18,26H,8-9H2,1-2H3,(H,25,27). The largest absolute Gasteiger partial charge is 0.358 e. The van der Waals surface area contributed by atoms with Crippen LogP contribution in [0, 0.1) is 17.0 Å². The fraction of sp³-hybridized carbons (Fsp3) is 0.273. The molecule has 1 aromatic heterocycles. The number of hydrogen-bond donors (Lipinski definition) is 2. The van der Waals surface area contributed by atoms with Crippen molar-refractivity contribution in [3.05, 3.63) is 70.6 Å².